The predicted molar refractivity (Wildman–Crippen MR) is 79.5 cm³/mol. The van der Waals surface area contributed by atoms with Crippen molar-refractivity contribution in [2.45, 2.75) is 6.54 Å². The summed E-state index contributed by atoms with van der Waals surface area (Å²) in [5, 5.41) is 5.82. The molecule has 3 rings (SSSR count). The molecule has 0 spiro atoms. The Morgan fingerprint density at radius 3 is 2.76 bits per heavy atom. The molecule has 0 aromatic heterocycles. The number of nitrogens with two attached hydrogens (primary N) is 1. The minimum atomic E-state index is -0.581. The molecule has 0 fully saturated rings. The summed E-state index contributed by atoms with van der Waals surface area (Å²) >= 11 is 0. The van der Waals surface area contributed by atoms with E-state index in [9.17, 15) is 4.79 Å². The molecule has 2 aromatic carbocycles. The molecule has 0 radical (unpaired) electrons. The van der Waals surface area contributed by atoms with E-state index in [-0.39, 0.29) is 6.79 Å². The summed E-state index contributed by atoms with van der Waals surface area (Å²) in [4.78, 5) is 10.8. The van der Waals surface area contributed by atoms with Gasteiger partial charge in [0.15, 0.2) is 11.5 Å². The van der Waals surface area contributed by atoms with Gasteiger partial charge in [-0.2, -0.15) is 0 Å². The first-order chi connectivity index (χ1) is 10.2. The Hall–Kier alpha value is -2.89. The highest BCUT2D eigenvalue weighted by Gasteiger charge is 2.12. The minimum absolute atomic E-state index is 0.271. The van der Waals surface area contributed by atoms with Crippen molar-refractivity contribution < 1.29 is 14.3 Å². The molecule has 0 unspecified atom stereocenters. The van der Waals surface area contributed by atoms with Crippen LogP contribution >= 0.6 is 0 Å². The molecule has 0 bridgehead atoms. The summed E-state index contributed by atoms with van der Waals surface area (Å²) in [6.45, 7) is 0.906. The van der Waals surface area contributed by atoms with Crippen molar-refractivity contribution in [1.82, 2.24) is 0 Å². The van der Waals surface area contributed by atoms with Gasteiger partial charge >= 0.3 is 6.03 Å². The molecule has 0 atom stereocenters. The number of hydrogen-bond donors (Lipinski definition) is 3. The summed E-state index contributed by atoms with van der Waals surface area (Å²) in [6, 6.07) is 12.6. The predicted octanol–water partition coefficient (Wildman–Crippen LogP) is 2.52. The molecule has 6 nitrogen and oxygen atoms in total. The van der Waals surface area contributed by atoms with Gasteiger partial charge in [0, 0.05) is 17.9 Å². The van der Waals surface area contributed by atoms with Gasteiger partial charge in [-0.05, 0) is 35.9 Å². The van der Waals surface area contributed by atoms with Crippen LogP contribution in [-0.4, -0.2) is 12.8 Å². The average molecular weight is 285 g/mol. The second-order valence-corrected chi connectivity index (χ2v) is 4.61. The molecule has 108 valence electrons. The second kappa shape index (κ2) is 5.62. The third-order valence-corrected chi connectivity index (χ3v) is 3.06. The monoisotopic (exact) mass is 285 g/mol. The number of hydrogen-bond acceptors (Lipinski definition) is 4. The Kier molecular flexibility index (Phi) is 3.51. The fourth-order valence-corrected chi connectivity index (χ4v) is 2.10. The second-order valence-electron chi connectivity index (χ2n) is 4.61. The summed E-state index contributed by atoms with van der Waals surface area (Å²) in [5.74, 6) is 1.53. The fraction of sp³-hybridized carbons (Fsp3) is 0.133. The Balaban J connectivity index is 1.66. The molecular weight excluding hydrogens is 270 g/mol. The smallest absolute Gasteiger partial charge is 0.316 e. The molecule has 21 heavy (non-hydrogen) atoms. The third kappa shape index (κ3) is 3.17. The largest absolute Gasteiger partial charge is 0.454 e. The van der Waals surface area contributed by atoms with Crippen molar-refractivity contribution in [2.75, 3.05) is 17.4 Å². The SMILES string of the molecule is NC(=O)Nc1cccc(NCc2ccc3c(c2)OCO3)c1. The van der Waals surface area contributed by atoms with Crippen LogP contribution < -0.4 is 25.8 Å². The highest BCUT2D eigenvalue weighted by molar-refractivity contribution is 5.88. The van der Waals surface area contributed by atoms with E-state index in [0.29, 0.717) is 12.2 Å². The van der Waals surface area contributed by atoms with E-state index in [1.165, 1.54) is 0 Å². The summed E-state index contributed by atoms with van der Waals surface area (Å²) in [5.41, 5.74) is 7.71. The number of carbonyl (C=O) groups is 1. The van der Waals surface area contributed by atoms with Gasteiger partial charge in [0.05, 0.1) is 0 Å². The van der Waals surface area contributed by atoms with Crippen molar-refractivity contribution in [3.05, 3.63) is 48.0 Å². The maximum atomic E-state index is 10.8. The number of benzene rings is 2. The van der Waals surface area contributed by atoms with Gasteiger partial charge < -0.3 is 25.8 Å². The first-order valence-corrected chi connectivity index (χ1v) is 6.49. The molecule has 0 aliphatic carbocycles. The van der Waals surface area contributed by atoms with E-state index in [1.807, 2.05) is 36.4 Å². The van der Waals surface area contributed by atoms with Crippen molar-refractivity contribution in [3.63, 3.8) is 0 Å². The van der Waals surface area contributed by atoms with Gasteiger partial charge in [-0.15, -0.1) is 0 Å². The van der Waals surface area contributed by atoms with Crippen LogP contribution in [0.15, 0.2) is 42.5 Å². The molecule has 2 aromatic rings. The lowest BCUT2D eigenvalue weighted by molar-refractivity contribution is 0.174. The number of primary amides is 1. The number of nitrogens with one attached hydrogen (secondary N) is 2. The van der Waals surface area contributed by atoms with Crippen molar-refractivity contribution >= 4 is 17.4 Å². The lowest BCUT2D eigenvalue weighted by Crippen LogP contribution is -2.19. The highest BCUT2D eigenvalue weighted by Crippen LogP contribution is 2.32. The van der Waals surface area contributed by atoms with Crippen LogP contribution in [0.4, 0.5) is 16.2 Å². The molecular formula is C15H15N3O3. The number of amides is 2. The standard InChI is InChI=1S/C15H15N3O3/c16-15(19)18-12-3-1-2-11(7-12)17-8-10-4-5-13-14(6-10)21-9-20-13/h1-7,17H,8-9H2,(H3,16,18,19). The normalized spacial score (nSPS) is 12.0. The van der Waals surface area contributed by atoms with Crippen LogP contribution in [-0.2, 0) is 6.54 Å². The first-order valence-electron chi connectivity index (χ1n) is 6.49. The molecule has 1 aliphatic heterocycles. The van der Waals surface area contributed by atoms with Gasteiger partial charge in [-0.25, -0.2) is 4.79 Å². The van der Waals surface area contributed by atoms with E-state index < -0.39 is 6.03 Å². The van der Waals surface area contributed by atoms with E-state index in [4.69, 9.17) is 15.2 Å². The van der Waals surface area contributed by atoms with Crippen molar-refractivity contribution in [2.24, 2.45) is 5.73 Å². The lowest BCUT2D eigenvalue weighted by atomic mass is 10.2. The average Bonchev–Trinajstić information content (AvgIpc) is 2.92. The summed E-state index contributed by atoms with van der Waals surface area (Å²) in [7, 11) is 0. The van der Waals surface area contributed by atoms with Gasteiger partial charge in [0.1, 0.15) is 0 Å². The first kappa shape index (κ1) is 13.1. The van der Waals surface area contributed by atoms with Gasteiger partial charge in [0.25, 0.3) is 0 Å². The Labute approximate surface area is 121 Å². The number of urea groups is 1. The van der Waals surface area contributed by atoms with Gasteiger partial charge in [0.2, 0.25) is 6.79 Å². The summed E-state index contributed by atoms with van der Waals surface area (Å²) in [6.07, 6.45) is 0. The molecule has 0 saturated heterocycles. The van der Waals surface area contributed by atoms with Crippen LogP contribution in [0.1, 0.15) is 5.56 Å². The van der Waals surface area contributed by atoms with Crippen molar-refractivity contribution in [1.29, 1.82) is 0 Å². The Morgan fingerprint density at radius 1 is 1.10 bits per heavy atom. The molecule has 1 heterocycles. The zero-order chi connectivity index (χ0) is 14.7. The highest BCUT2D eigenvalue weighted by atomic mass is 16.7. The zero-order valence-corrected chi connectivity index (χ0v) is 11.3. The van der Waals surface area contributed by atoms with E-state index in [1.54, 1.807) is 6.07 Å². The van der Waals surface area contributed by atoms with Crippen LogP contribution in [0.2, 0.25) is 0 Å². The maximum absolute atomic E-state index is 10.8. The minimum Gasteiger partial charge on any atom is -0.454 e. The number of anilines is 2. The van der Waals surface area contributed by atoms with E-state index >= 15 is 0 Å². The van der Waals surface area contributed by atoms with Crippen LogP contribution in [0.5, 0.6) is 11.5 Å². The topological polar surface area (TPSA) is 85.6 Å². The Bertz CT molecular complexity index is 673. The van der Waals surface area contributed by atoms with Crippen LogP contribution in [0.25, 0.3) is 0 Å². The van der Waals surface area contributed by atoms with E-state index in [0.717, 1.165) is 22.7 Å². The third-order valence-electron chi connectivity index (χ3n) is 3.06. The molecule has 1 aliphatic rings. The molecule has 0 saturated carbocycles. The molecule has 6 heteroatoms. The number of fused-ring (bicyclic) bond motifs is 1. The fourth-order valence-electron chi connectivity index (χ4n) is 2.10. The van der Waals surface area contributed by atoms with Gasteiger partial charge in [-0.1, -0.05) is 12.1 Å². The Morgan fingerprint density at radius 2 is 1.90 bits per heavy atom. The number of ether oxygens (including phenoxy) is 2. The molecule has 2 amide bonds. The summed E-state index contributed by atoms with van der Waals surface area (Å²) < 4.78 is 10.6. The lowest BCUT2D eigenvalue weighted by Gasteiger charge is -2.09. The van der Waals surface area contributed by atoms with Gasteiger partial charge in [-0.3, -0.25) is 0 Å². The van der Waals surface area contributed by atoms with Crippen LogP contribution in [0.3, 0.4) is 0 Å². The zero-order valence-electron chi connectivity index (χ0n) is 11.3. The van der Waals surface area contributed by atoms with Crippen LogP contribution in [0, 0.1) is 0 Å². The quantitative estimate of drug-likeness (QED) is 0.805. The maximum Gasteiger partial charge on any atom is 0.316 e. The number of carbonyl (C=O) groups excluding carboxylic acids is 1. The number of rotatable bonds is 4. The van der Waals surface area contributed by atoms with E-state index in [2.05, 4.69) is 10.6 Å². The molecule has 4 N–H and O–H groups in total. The van der Waals surface area contributed by atoms with Crippen molar-refractivity contribution in [3.8, 4) is 11.5 Å².